The van der Waals surface area contributed by atoms with Crippen LogP contribution >= 0.6 is 31.9 Å². The van der Waals surface area contributed by atoms with Crippen molar-refractivity contribution in [3.63, 3.8) is 0 Å². The number of halogens is 2. The highest BCUT2D eigenvalue weighted by Gasteiger charge is 2.21. The quantitative estimate of drug-likeness (QED) is 0.0264. The van der Waals surface area contributed by atoms with Gasteiger partial charge in [-0.25, -0.2) is 0 Å². The Morgan fingerprint density at radius 3 is 1.40 bits per heavy atom. The number of hydrogen-bond donors (Lipinski definition) is 7. The van der Waals surface area contributed by atoms with E-state index in [1.807, 2.05) is 36.4 Å². The first-order chi connectivity index (χ1) is 33.7. The van der Waals surface area contributed by atoms with Crippen LogP contribution in [0.1, 0.15) is 144 Å². The molecule has 386 valence electrons. The van der Waals surface area contributed by atoms with Crippen molar-refractivity contribution in [2.24, 2.45) is 32.5 Å². The first-order valence-electron chi connectivity index (χ1n) is 23.3. The Labute approximate surface area is 452 Å². The summed E-state index contributed by atoms with van der Waals surface area (Å²) in [5, 5.41) is 47.1. The molecule has 12 nitrogen and oxygen atoms in total. The van der Waals surface area contributed by atoms with Gasteiger partial charge in [-0.3, -0.25) is 0 Å². The molecule has 73 heavy (non-hydrogen) atoms. The predicted molar refractivity (Wildman–Crippen MR) is 314 cm³/mol. The van der Waals surface area contributed by atoms with Crippen molar-refractivity contribution in [3.05, 3.63) is 156 Å². The average Bonchev–Trinajstić information content (AvgIpc) is 3.28. The van der Waals surface area contributed by atoms with Crippen LogP contribution in [0.3, 0.4) is 0 Å². The zero-order valence-electron chi connectivity index (χ0n) is 44.7. The second-order valence-corrected chi connectivity index (χ2v) is 24.0. The SMILES string of the molecule is C=Cc1cc(C#N)c(N)c(C=C)c1.CC(C)(C)Cc1cc(C#N)c(N)c(CC(C)(C)C)c1.CC(C)(C)Cc1cc(CC(C)(C)C)c(N)c(/C(N)=N/O)c1.N#Cc1cc(Br)cc(Br)c1N.N#Cc1ccccc1N. The number of oxime groups is 1. The number of rotatable bonds is 7. The molecule has 5 rings (SSSR count). The highest BCUT2D eigenvalue weighted by Crippen LogP contribution is 2.33. The molecule has 0 fully saturated rings. The monoisotopic (exact) mass is 1110 g/mol. The van der Waals surface area contributed by atoms with Gasteiger partial charge in [0, 0.05) is 25.9 Å². The van der Waals surface area contributed by atoms with Crippen LogP contribution in [-0.4, -0.2) is 11.0 Å². The van der Waals surface area contributed by atoms with E-state index in [2.05, 4.69) is 151 Å². The van der Waals surface area contributed by atoms with Gasteiger partial charge in [-0.1, -0.05) is 154 Å². The topological polar surface area (TPSA) is 284 Å². The van der Waals surface area contributed by atoms with E-state index in [4.69, 9.17) is 55.4 Å². The molecular weight excluding hydrogens is 1040 g/mol. The molecule has 0 heterocycles. The maximum Gasteiger partial charge on any atom is 0.172 e. The lowest BCUT2D eigenvalue weighted by molar-refractivity contribution is 0.318. The predicted octanol–water partition coefficient (Wildman–Crippen LogP) is 14.1. The van der Waals surface area contributed by atoms with Crippen molar-refractivity contribution in [2.45, 2.75) is 109 Å². The summed E-state index contributed by atoms with van der Waals surface area (Å²) in [5.41, 5.74) is 47.1. The molecule has 0 aliphatic carbocycles. The summed E-state index contributed by atoms with van der Waals surface area (Å²) in [7, 11) is 0. The van der Waals surface area contributed by atoms with Crippen LogP contribution in [0.4, 0.5) is 28.4 Å². The lowest BCUT2D eigenvalue weighted by Crippen LogP contribution is -2.20. The molecule has 0 aromatic heterocycles. The minimum atomic E-state index is 0.0680. The Bertz CT molecular complexity index is 2920. The average molecular weight is 1110 g/mol. The van der Waals surface area contributed by atoms with Crippen LogP contribution in [-0.2, 0) is 25.7 Å². The summed E-state index contributed by atoms with van der Waals surface area (Å²) >= 11 is 6.48. The second kappa shape index (κ2) is 28.1. The van der Waals surface area contributed by atoms with Gasteiger partial charge in [0.1, 0.15) is 24.3 Å². The highest BCUT2D eigenvalue weighted by atomic mass is 79.9. The molecule has 0 aliphatic heterocycles. The largest absolute Gasteiger partial charge is 0.409 e. The van der Waals surface area contributed by atoms with Gasteiger partial charge in [-0.15, -0.1) is 0 Å². The van der Waals surface area contributed by atoms with Gasteiger partial charge in [-0.05, 0) is 145 Å². The molecule has 13 N–H and O–H groups in total. The van der Waals surface area contributed by atoms with Gasteiger partial charge in [0.25, 0.3) is 0 Å². The van der Waals surface area contributed by atoms with Crippen molar-refractivity contribution < 1.29 is 5.21 Å². The number of para-hydroxylation sites is 1. The van der Waals surface area contributed by atoms with E-state index in [9.17, 15) is 5.26 Å². The number of nitriles is 4. The number of nitrogen functional groups attached to an aromatic ring is 5. The molecule has 0 unspecified atom stereocenters. The number of hydrogen-bond acceptors (Lipinski definition) is 11. The van der Waals surface area contributed by atoms with E-state index >= 15 is 0 Å². The van der Waals surface area contributed by atoms with Crippen molar-refractivity contribution in [1.29, 1.82) is 21.0 Å². The molecule has 0 amide bonds. The van der Waals surface area contributed by atoms with Crippen LogP contribution in [0.2, 0.25) is 0 Å². The Hall–Kier alpha value is -7.23. The van der Waals surface area contributed by atoms with Crippen molar-refractivity contribution in [2.75, 3.05) is 28.7 Å². The zero-order valence-corrected chi connectivity index (χ0v) is 47.9. The maximum atomic E-state index is 9.23. The Kier molecular flexibility index (Phi) is 24.6. The van der Waals surface area contributed by atoms with Crippen molar-refractivity contribution in [3.8, 4) is 24.3 Å². The van der Waals surface area contributed by atoms with E-state index in [0.29, 0.717) is 56.3 Å². The smallest absolute Gasteiger partial charge is 0.172 e. The summed E-state index contributed by atoms with van der Waals surface area (Å²) in [6.07, 6.45) is 6.92. The summed E-state index contributed by atoms with van der Waals surface area (Å²) in [5.74, 6) is 0.0680. The van der Waals surface area contributed by atoms with Gasteiger partial charge < -0.3 is 39.6 Å². The summed E-state index contributed by atoms with van der Waals surface area (Å²) < 4.78 is 1.58. The number of nitrogens with two attached hydrogens (primary N) is 6. The van der Waals surface area contributed by atoms with Gasteiger partial charge >= 0.3 is 0 Å². The zero-order chi connectivity index (χ0) is 56.2. The van der Waals surface area contributed by atoms with Gasteiger partial charge in [0.15, 0.2) is 5.84 Å². The van der Waals surface area contributed by atoms with E-state index in [0.717, 1.165) is 62.4 Å². The van der Waals surface area contributed by atoms with Gasteiger partial charge in [-0.2, -0.15) is 21.0 Å². The summed E-state index contributed by atoms with van der Waals surface area (Å²) in [4.78, 5) is 0. The van der Waals surface area contributed by atoms with Crippen LogP contribution in [0.15, 0.2) is 100 Å². The molecule has 0 bridgehead atoms. The van der Waals surface area contributed by atoms with Crippen molar-refractivity contribution >= 4 is 78.3 Å². The molecule has 0 saturated heterocycles. The Morgan fingerprint density at radius 1 is 0.548 bits per heavy atom. The second-order valence-electron chi connectivity index (χ2n) is 22.2. The maximum absolute atomic E-state index is 9.23. The normalized spacial score (nSPS) is 11.1. The van der Waals surface area contributed by atoms with Crippen LogP contribution in [0.25, 0.3) is 12.2 Å². The molecule has 5 aromatic carbocycles. The van der Waals surface area contributed by atoms with E-state index < -0.39 is 0 Å². The van der Waals surface area contributed by atoms with Gasteiger partial charge in [0.05, 0.1) is 39.3 Å². The Morgan fingerprint density at radius 2 is 0.986 bits per heavy atom. The highest BCUT2D eigenvalue weighted by molar-refractivity contribution is 9.11. The number of nitrogens with zero attached hydrogens (tertiary/aromatic N) is 5. The molecular formula is C59H75Br2N11O. The minimum absolute atomic E-state index is 0.0680. The molecule has 14 heteroatoms. The van der Waals surface area contributed by atoms with Crippen LogP contribution in [0.5, 0.6) is 0 Å². The standard InChI is InChI=1S/C17H29N3O.C17H26N2.C11H10N2.C7H4Br2N2.C7H6N2/c1-16(2,3)9-11-7-12(10-17(4,5)6)14(18)13(8-11)15(19)20-21;1-16(2,3)9-12-7-13(10-17(4,5)6)15(19)14(8-12)11-18;1-3-8-5-9(4-2)11(13)10(6-8)7-12;8-5-1-4(3-10)7(11)6(9)2-5;8-5-6-3-1-2-4-7(6)9/h7-8,21H,9-10,18H2,1-6H3,(H2,19,20);7-8H,9-10,19H2,1-6H3;3-6H,1-2,13H2;1-2H,11H2;1-4H,9H2. The van der Waals surface area contributed by atoms with Crippen LogP contribution in [0, 0.1) is 67.0 Å². The third kappa shape index (κ3) is 22.8. The molecule has 0 atom stereocenters. The number of amidine groups is 1. The Balaban J connectivity index is 0.000000471. The van der Waals surface area contributed by atoms with Gasteiger partial charge in [0.2, 0.25) is 0 Å². The fraction of sp³-hybridized carbons (Fsp3) is 0.339. The third-order valence-corrected chi connectivity index (χ3v) is 11.3. The van der Waals surface area contributed by atoms with E-state index in [1.165, 1.54) is 5.56 Å². The lowest BCUT2D eigenvalue weighted by Gasteiger charge is -2.24. The molecule has 5 aromatic rings. The lowest BCUT2D eigenvalue weighted by atomic mass is 9.83. The first-order valence-corrected chi connectivity index (χ1v) is 24.9. The summed E-state index contributed by atoms with van der Waals surface area (Å²) in [6, 6.07) is 30.4. The van der Waals surface area contributed by atoms with E-state index in [1.54, 1.807) is 54.6 Å². The molecule has 0 radical (unpaired) electrons. The fourth-order valence-corrected chi connectivity index (χ4v) is 8.36. The fourth-order valence-electron chi connectivity index (χ4n) is 7.14. The molecule has 0 spiro atoms. The first kappa shape index (κ1) is 63.8. The minimum Gasteiger partial charge on any atom is -0.409 e. The molecule has 0 aliphatic rings. The molecule has 0 saturated carbocycles. The number of benzene rings is 5. The van der Waals surface area contributed by atoms with Crippen molar-refractivity contribution in [1.82, 2.24) is 0 Å². The third-order valence-electron chi connectivity index (χ3n) is 10.2. The van der Waals surface area contributed by atoms with E-state index in [-0.39, 0.29) is 27.5 Å². The summed E-state index contributed by atoms with van der Waals surface area (Å²) in [6.45, 7) is 33.5. The number of anilines is 5. The van der Waals surface area contributed by atoms with Crippen LogP contribution < -0.4 is 34.4 Å².